The van der Waals surface area contributed by atoms with Crippen molar-refractivity contribution in [2.75, 3.05) is 26.2 Å². The van der Waals surface area contributed by atoms with Crippen molar-refractivity contribution in [1.29, 1.82) is 0 Å². The Balaban J connectivity index is 1.98. The first-order valence-electron chi connectivity index (χ1n) is 7.80. The molecule has 0 aromatic carbocycles. The lowest BCUT2D eigenvalue weighted by molar-refractivity contribution is -0.150. The van der Waals surface area contributed by atoms with Crippen LogP contribution in [0.2, 0.25) is 0 Å². The third-order valence-corrected chi connectivity index (χ3v) is 4.61. The van der Waals surface area contributed by atoms with Crippen molar-refractivity contribution in [3.05, 3.63) is 0 Å². The highest BCUT2D eigenvalue weighted by molar-refractivity contribution is 5.78. The zero-order valence-corrected chi connectivity index (χ0v) is 12.4. The van der Waals surface area contributed by atoms with Gasteiger partial charge in [0.2, 0.25) is 0 Å². The number of aliphatic carboxylic acids is 1. The number of likely N-dealkylation sites (tertiary alicyclic amines) is 2. The molecule has 0 aliphatic carbocycles. The van der Waals surface area contributed by atoms with Gasteiger partial charge in [-0.2, -0.15) is 0 Å². The van der Waals surface area contributed by atoms with Gasteiger partial charge in [0.05, 0.1) is 5.41 Å². The standard InChI is InChI=1S/C15H26N2O3/c1-15(13(18)19)8-7-11-17(12-15)14(20)16-9-5-3-2-4-6-10-16/h2-12H2,1H3,(H,18,19). The molecule has 2 rings (SSSR count). The van der Waals surface area contributed by atoms with Gasteiger partial charge in [-0.1, -0.05) is 19.3 Å². The largest absolute Gasteiger partial charge is 0.481 e. The normalized spacial score (nSPS) is 28.6. The second kappa shape index (κ2) is 6.46. The van der Waals surface area contributed by atoms with Crippen molar-refractivity contribution < 1.29 is 14.7 Å². The van der Waals surface area contributed by atoms with Crippen LogP contribution in [0.5, 0.6) is 0 Å². The van der Waals surface area contributed by atoms with Gasteiger partial charge < -0.3 is 14.9 Å². The third kappa shape index (κ3) is 3.44. The number of nitrogens with zero attached hydrogens (tertiary/aromatic N) is 2. The Kier molecular flexibility index (Phi) is 4.89. The van der Waals surface area contributed by atoms with Crippen molar-refractivity contribution in [2.24, 2.45) is 5.41 Å². The molecule has 114 valence electrons. The number of hydrogen-bond donors (Lipinski definition) is 1. The number of hydrogen-bond acceptors (Lipinski definition) is 2. The second-order valence-electron chi connectivity index (χ2n) is 6.43. The SMILES string of the molecule is CC1(C(=O)O)CCCN(C(=O)N2CCCCCCC2)C1. The van der Waals surface area contributed by atoms with E-state index >= 15 is 0 Å². The van der Waals surface area contributed by atoms with Crippen LogP contribution >= 0.6 is 0 Å². The van der Waals surface area contributed by atoms with E-state index in [0.29, 0.717) is 19.5 Å². The van der Waals surface area contributed by atoms with Gasteiger partial charge in [-0.15, -0.1) is 0 Å². The Labute approximate surface area is 120 Å². The quantitative estimate of drug-likeness (QED) is 0.804. The average molecular weight is 282 g/mol. The second-order valence-corrected chi connectivity index (χ2v) is 6.43. The van der Waals surface area contributed by atoms with E-state index in [1.807, 2.05) is 4.90 Å². The molecule has 0 aromatic rings. The zero-order chi connectivity index (χ0) is 14.6. The first-order chi connectivity index (χ1) is 9.53. The number of carboxylic acids is 1. The van der Waals surface area contributed by atoms with Crippen LogP contribution in [0.15, 0.2) is 0 Å². The van der Waals surface area contributed by atoms with E-state index in [1.165, 1.54) is 19.3 Å². The van der Waals surface area contributed by atoms with E-state index in [-0.39, 0.29) is 6.03 Å². The summed E-state index contributed by atoms with van der Waals surface area (Å²) < 4.78 is 0. The van der Waals surface area contributed by atoms with Crippen LogP contribution in [-0.2, 0) is 4.79 Å². The fraction of sp³-hybridized carbons (Fsp3) is 0.867. The van der Waals surface area contributed by atoms with Crippen molar-refractivity contribution >= 4 is 12.0 Å². The molecule has 1 atom stereocenters. The number of rotatable bonds is 1. The molecule has 2 saturated heterocycles. The van der Waals surface area contributed by atoms with E-state index < -0.39 is 11.4 Å². The monoisotopic (exact) mass is 282 g/mol. The highest BCUT2D eigenvalue weighted by atomic mass is 16.4. The van der Waals surface area contributed by atoms with E-state index in [2.05, 4.69) is 0 Å². The summed E-state index contributed by atoms with van der Waals surface area (Å²) in [6, 6.07) is 0.0408. The molecule has 1 unspecified atom stereocenters. The summed E-state index contributed by atoms with van der Waals surface area (Å²) in [6.45, 7) is 4.43. The lowest BCUT2D eigenvalue weighted by Gasteiger charge is -2.40. The smallest absolute Gasteiger partial charge is 0.320 e. The van der Waals surface area contributed by atoms with Gasteiger partial charge in [-0.3, -0.25) is 4.79 Å². The van der Waals surface area contributed by atoms with Gasteiger partial charge in [0.15, 0.2) is 0 Å². The Hall–Kier alpha value is -1.26. The molecular formula is C15H26N2O3. The van der Waals surface area contributed by atoms with Crippen molar-refractivity contribution in [1.82, 2.24) is 9.80 Å². The maximum atomic E-state index is 12.6. The molecule has 2 heterocycles. The van der Waals surface area contributed by atoms with Gasteiger partial charge in [0.1, 0.15) is 0 Å². The highest BCUT2D eigenvalue weighted by Crippen LogP contribution is 2.30. The molecule has 0 spiro atoms. The van der Waals surface area contributed by atoms with Gasteiger partial charge in [-0.25, -0.2) is 4.79 Å². The number of carboxylic acid groups (broad SMARTS) is 1. The number of carbonyl (C=O) groups excluding carboxylic acids is 1. The van der Waals surface area contributed by atoms with Crippen molar-refractivity contribution in [3.8, 4) is 0 Å². The Bertz CT molecular complexity index is 364. The number of piperidine rings is 1. The minimum atomic E-state index is -0.789. The fourth-order valence-corrected chi connectivity index (χ4v) is 3.22. The Morgan fingerprint density at radius 1 is 0.900 bits per heavy atom. The molecule has 1 N–H and O–H groups in total. The van der Waals surface area contributed by atoms with E-state index in [1.54, 1.807) is 11.8 Å². The van der Waals surface area contributed by atoms with E-state index in [9.17, 15) is 14.7 Å². The Morgan fingerprint density at radius 2 is 1.45 bits per heavy atom. The molecule has 0 saturated carbocycles. The van der Waals surface area contributed by atoms with Crippen molar-refractivity contribution in [2.45, 2.75) is 51.9 Å². The lowest BCUT2D eigenvalue weighted by atomic mass is 9.82. The van der Waals surface area contributed by atoms with Crippen LogP contribution in [0, 0.1) is 5.41 Å². The summed E-state index contributed by atoms with van der Waals surface area (Å²) >= 11 is 0. The highest BCUT2D eigenvalue weighted by Gasteiger charge is 2.40. The number of carbonyl (C=O) groups is 2. The van der Waals surface area contributed by atoms with Crippen LogP contribution in [0.25, 0.3) is 0 Å². The maximum Gasteiger partial charge on any atom is 0.320 e. The fourth-order valence-electron chi connectivity index (χ4n) is 3.22. The average Bonchev–Trinajstić information content (AvgIpc) is 2.37. The summed E-state index contributed by atoms with van der Waals surface area (Å²) in [5.74, 6) is -0.789. The van der Waals surface area contributed by atoms with Gasteiger partial charge in [0, 0.05) is 26.2 Å². The van der Waals surface area contributed by atoms with Crippen LogP contribution in [-0.4, -0.2) is 53.1 Å². The summed E-state index contributed by atoms with van der Waals surface area (Å²) in [5, 5.41) is 9.34. The van der Waals surface area contributed by atoms with Crippen LogP contribution in [0.4, 0.5) is 4.79 Å². The minimum Gasteiger partial charge on any atom is -0.481 e. The molecule has 2 fully saturated rings. The lowest BCUT2D eigenvalue weighted by Crippen LogP contribution is -2.53. The van der Waals surface area contributed by atoms with Crippen LogP contribution in [0.3, 0.4) is 0 Å². The maximum absolute atomic E-state index is 12.6. The van der Waals surface area contributed by atoms with E-state index in [4.69, 9.17) is 0 Å². The number of urea groups is 1. The number of amides is 2. The molecule has 5 heteroatoms. The van der Waals surface area contributed by atoms with Crippen molar-refractivity contribution in [3.63, 3.8) is 0 Å². The topological polar surface area (TPSA) is 60.9 Å². The van der Waals surface area contributed by atoms with E-state index in [0.717, 1.165) is 32.4 Å². The molecule has 20 heavy (non-hydrogen) atoms. The summed E-state index contributed by atoms with van der Waals surface area (Å²) in [4.78, 5) is 27.6. The van der Waals surface area contributed by atoms with Gasteiger partial charge >= 0.3 is 12.0 Å². The molecule has 5 nitrogen and oxygen atoms in total. The molecule has 2 amide bonds. The summed E-state index contributed by atoms with van der Waals surface area (Å²) in [5.41, 5.74) is -0.781. The molecule has 0 radical (unpaired) electrons. The predicted octanol–water partition coefficient (Wildman–Crippen LogP) is 2.56. The summed E-state index contributed by atoms with van der Waals surface area (Å²) in [6.07, 6.45) is 7.22. The van der Waals surface area contributed by atoms with Gasteiger partial charge in [0.25, 0.3) is 0 Å². The molecule has 0 bridgehead atoms. The third-order valence-electron chi connectivity index (χ3n) is 4.61. The minimum absolute atomic E-state index is 0.0408. The first kappa shape index (κ1) is 15.1. The Morgan fingerprint density at radius 3 is 2.05 bits per heavy atom. The zero-order valence-electron chi connectivity index (χ0n) is 12.4. The summed E-state index contributed by atoms with van der Waals surface area (Å²) in [7, 11) is 0. The molecule has 0 aromatic heterocycles. The predicted molar refractivity (Wildman–Crippen MR) is 76.6 cm³/mol. The van der Waals surface area contributed by atoms with Crippen LogP contribution in [0.1, 0.15) is 51.9 Å². The molecular weight excluding hydrogens is 256 g/mol. The molecule has 2 aliphatic rings. The first-order valence-corrected chi connectivity index (χ1v) is 7.80. The molecule has 2 aliphatic heterocycles. The van der Waals surface area contributed by atoms with Crippen LogP contribution < -0.4 is 0 Å². The van der Waals surface area contributed by atoms with Gasteiger partial charge in [-0.05, 0) is 32.6 Å².